The molecule has 0 heteroatoms. The second kappa shape index (κ2) is 4.83. The molecule has 15 heavy (non-hydrogen) atoms. The van der Waals surface area contributed by atoms with Crippen LogP contribution in [0.5, 0.6) is 0 Å². The van der Waals surface area contributed by atoms with E-state index in [-0.39, 0.29) is 0 Å². The summed E-state index contributed by atoms with van der Waals surface area (Å²) in [4.78, 5) is 0. The van der Waals surface area contributed by atoms with Gasteiger partial charge >= 0.3 is 0 Å². The number of hydrogen-bond donors (Lipinski definition) is 0. The fourth-order valence-electron chi connectivity index (χ4n) is 2.68. The molecule has 0 aromatic rings. The summed E-state index contributed by atoms with van der Waals surface area (Å²) < 4.78 is 0. The molecule has 0 unspecified atom stereocenters. The van der Waals surface area contributed by atoms with E-state index in [1.54, 1.807) is 22.3 Å². The van der Waals surface area contributed by atoms with Crippen LogP contribution in [0.15, 0.2) is 34.4 Å². The highest BCUT2D eigenvalue weighted by Gasteiger charge is 2.15. The predicted molar refractivity (Wildman–Crippen MR) is 66.9 cm³/mol. The fraction of sp³-hybridized carbons (Fsp3) is 0.600. The molecule has 0 heterocycles. The van der Waals surface area contributed by atoms with E-state index in [9.17, 15) is 0 Å². The Morgan fingerprint density at radius 2 is 1.47 bits per heavy atom. The van der Waals surface area contributed by atoms with Crippen LogP contribution in [-0.2, 0) is 0 Å². The van der Waals surface area contributed by atoms with Crippen LogP contribution in [0.25, 0.3) is 0 Å². The van der Waals surface area contributed by atoms with Crippen LogP contribution in [-0.4, -0.2) is 0 Å². The smallest absolute Gasteiger partial charge is 0.0239 e. The summed E-state index contributed by atoms with van der Waals surface area (Å²) in [5, 5.41) is 0. The average Bonchev–Trinajstić information content (AvgIpc) is 2.29. The Morgan fingerprint density at radius 1 is 0.867 bits per heavy atom. The van der Waals surface area contributed by atoms with Gasteiger partial charge in [-0.2, -0.15) is 0 Å². The minimum atomic E-state index is 1.24. The largest absolute Gasteiger partial charge is 0.0699 e. The molecule has 0 aliphatic heterocycles. The first-order valence-electron chi connectivity index (χ1n) is 6.44. The molecule has 0 aromatic heterocycles. The van der Waals surface area contributed by atoms with Gasteiger partial charge in [-0.25, -0.2) is 0 Å². The van der Waals surface area contributed by atoms with Gasteiger partial charge in [-0.15, -0.1) is 0 Å². The molecular weight excluding hydrogens is 180 g/mol. The van der Waals surface area contributed by atoms with Crippen molar-refractivity contribution in [3.05, 3.63) is 34.4 Å². The van der Waals surface area contributed by atoms with E-state index in [2.05, 4.69) is 26.0 Å². The maximum atomic E-state index is 2.49. The predicted octanol–water partition coefficient (Wildman–Crippen LogP) is 4.93. The standard InChI is InChI=1S/C15H22/c1-3-5-13-7-9-14-10-12(4-2)6-8-15(14)11-13/h10-11H,3-9H2,1-2H3. The van der Waals surface area contributed by atoms with Crippen molar-refractivity contribution in [2.45, 2.75) is 58.8 Å². The molecule has 0 saturated heterocycles. The highest BCUT2D eigenvalue weighted by Crippen LogP contribution is 2.35. The van der Waals surface area contributed by atoms with Crippen molar-refractivity contribution in [3.8, 4) is 0 Å². The van der Waals surface area contributed by atoms with Gasteiger partial charge in [0.2, 0.25) is 0 Å². The molecule has 0 atom stereocenters. The van der Waals surface area contributed by atoms with Crippen molar-refractivity contribution in [2.24, 2.45) is 0 Å². The molecule has 0 fully saturated rings. The SMILES string of the molecule is CCCC1=CC2=C(C=C(CC)CC2)CC1. The molecule has 0 amide bonds. The molecule has 0 saturated carbocycles. The first kappa shape index (κ1) is 10.7. The molecule has 0 bridgehead atoms. The van der Waals surface area contributed by atoms with Gasteiger partial charge < -0.3 is 0 Å². The van der Waals surface area contributed by atoms with Gasteiger partial charge in [0.1, 0.15) is 0 Å². The Bertz CT molecular complexity index is 326. The maximum Gasteiger partial charge on any atom is -0.0239 e. The molecular formula is C15H22. The van der Waals surface area contributed by atoms with E-state index >= 15 is 0 Å². The third kappa shape index (κ3) is 2.42. The highest BCUT2D eigenvalue weighted by atomic mass is 14.2. The molecule has 0 aromatic carbocycles. The average molecular weight is 202 g/mol. The maximum absolute atomic E-state index is 2.49. The van der Waals surface area contributed by atoms with Gasteiger partial charge in [-0.1, -0.05) is 43.6 Å². The first-order chi connectivity index (χ1) is 7.33. The van der Waals surface area contributed by atoms with Crippen molar-refractivity contribution >= 4 is 0 Å². The summed E-state index contributed by atoms with van der Waals surface area (Å²) in [5.74, 6) is 0. The number of hydrogen-bond acceptors (Lipinski definition) is 0. The van der Waals surface area contributed by atoms with Crippen LogP contribution in [0, 0.1) is 0 Å². The summed E-state index contributed by atoms with van der Waals surface area (Å²) in [6.45, 7) is 4.55. The Labute approximate surface area is 93.8 Å². The van der Waals surface area contributed by atoms with E-state index in [0.717, 1.165) is 0 Å². The van der Waals surface area contributed by atoms with Gasteiger partial charge in [-0.05, 0) is 49.7 Å². The van der Waals surface area contributed by atoms with Crippen LogP contribution >= 0.6 is 0 Å². The van der Waals surface area contributed by atoms with Crippen LogP contribution in [0.3, 0.4) is 0 Å². The van der Waals surface area contributed by atoms with Crippen LogP contribution in [0.4, 0.5) is 0 Å². The highest BCUT2D eigenvalue weighted by molar-refractivity contribution is 5.43. The Kier molecular flexibility index (Phi) is 3.45. The summed E-state index contributed by atoms with van der Waals surface area (Å²) in [7, 11) is 0. The van der Waals surface area contributed by atoms with Gasteiger partial charge in [-0.3, -0.25) is 0 Å². The lowest BCUT2D eigenvalue weighted by molar-refractivity contribution is 0.764. The Balaban J connectivity index is 2.17. The van der Waals surface area contributed by atoms with Crippen molar-refractivity contribution in [1.29, 1.82) is 0 Å². The number of allylic oxidation sites excluding steroid dienone is 6. The van der Waals surface area contributed by atoms with Crippen LogP contribution in [0.2, 0.25) is 0 Å². The monoisotopic (exact) mass is 202 g/mol. The summed E-state index contributed by atoms with van der Waals surface area (Å²) in [6.07, 6.45) is 14.0. The summed E-state index contributed by atoms with van der Waals surface area (Å²) >= 11 is 0. The molecule has 2 rings (SSSR count). The van der Waals surface area contributed by atoms with Crippen LogP contribution in [0.1, 0.15) is 58.8 Å². The van der Waals surface area contributed by atoms with Crippen molar-refractivity contribution in [3.63, 3.8) is 0 Å². The zero-order valence-corrected chi connectivity index (χ0v) is 10.1. The fourth-order valence-corrected chi connectivity index (χ4v) is 2.68. The van der Waals surface area contributed by atoms with E-state index in [4.69, 9.17) is 0 Å². The quantitative estimate of drug-likeness (QED) is 0.608. The second-order valence-corrected chi connectivity index (χ2v) is 4.76. The lowest BCUT2D eigenvalue weighted by Crippen LogP contribution is -2.03. The van der Waals surface area contributed by atoms with Crippen LogP contribution < -0.4 is 0 Å². The lowest BCUT2D eigenvalue weighted by Gasteiger charge is -2.23. The van der Waals surface area contributed by atoms with Gasteiger partial charge in [0.25, 0.3) is 0 Å². The summed E-state index contributed by atoms with van der Waals surface area (Å²) in [6, 6.07) is 0. The third-order valence-electron chi connectivity index (χ3n) is 3.63. The normalized spacial score (nSPS) is 20.9. The Morgan fingerprint density at radius 3 is 2.07 bits per heavy atom. The molecule has 0 N–H and O–H groups in total. The van der Waals surface area contributed by atoms with Crippen molar-refractivity contribution < 1.29 is 0 Å². The van der Waals surface area contributed by atoms with E-state index in [1.807, 2.05) is 0 Å². The van der Waals surface area contributed by atoms with Crippen molar-refractivity contribution in [1.82, 2.24) is 0 Å². The minimum absolute atomic E-state index is 1.24. The third-order valence-corrected chi connectivity index (χ3v) is 3.63. The van der Waals surface area contributed by atoms with Gasteiger partial charge in [0.15, 0.2) is 0 Å². The van der Waals surface area contributed by atoms with E-state index in [0.29, 0.717) is 0 Å². The lowest BCUT2D eigenvalue weighted by atomic mass is 9.83. The van der Waals surface area contributed by atoms with Gasteiger partial charge in [0, 0.05) is 0 Å². The molecule has 2 aliphatic rings. The number of rotatable bonds is 3. The molecule has 2 aliphatic carbocycles. The molecule has 0 radical (unpaired) electrons. The first-order valence-corrected chi connectivity index (χ1v) is 6.44. The molecule has 0 spiro atoms. The van der Waals surface area contributed by atoms with E-state index in [1.165, 1.54) is 44.9 Å². The Hall–Kier alpha value is -0.780. The zero-order valence-electron chi connectivity index (χ0n) is 10.1. The molecule has 0 nitrogen and oxygen atoms in total. The zero-order chi connectivity index (χ0) is 10.7. The van der Waals surface area contributed by atoms with Gasteiger partial charge in [0.05, 0.1) is 0 Å². The summed E-state index contributed by atoms with van der Waals surface area (Å²) in [5.41, 5.74) is 6.62. The minimum Gasteiger partial charge on any atom is -0.0699 e. The topological polar surface area (TPSA) is 0 Å². The second-order valence-electron chi connectivity index (χ2n) is 4.76. The molecule has 82 valence electrons. The van der Waals surface area contributed by atoms with E-state index < -0.39 is 0 Å². The van der Waals surface area contributed by atoms with Crippen molar-refractivity contribution in [2.75, 3.05) is 0 Å².